The van der Waals surface area contributed by atoms with Crippen LogP contribution in [0.3, 0.4) is 0 Å². The van der Waals surface area contributed by atoms with Gasteiger partial charge in [0.1, 0.15) is 11.9 Å². The smallest absolute Gasteiger partial charge is 0.128 e. The summed E-state index contributed by atoms with van der Waals surface area (Å²) in [5.74, 6) is 0.730. The van der Waals surface area contributed by atoms with Crippen LogP contribution < -0.4 is 4.74 Å². The second kappa shape index (κ2) is 5.57. The molecular formula is C15H11BrCl2O2. The predicted octanol–water partition coefficient (Wildman–Crippen LogP) is 4.77. The Hall–Kier alpha value is -0.740. The largest absolute Gasteiger partial charge is 0.493 e. The van der Waals surface area contributed by atoms with Crippen LogP contribution in [0.1, 0.15) is 22.8 Å². The Morgan fingerprint density at radius 1 is 1.10 bits per heavy atom. The Morgan fingerprint density at radius 3 is 2.65 bits per heavy atom. The molecule has 20 heavy (non-hydrogen) atoms. The van der Waals surface area contributed by atoms with E-state index in [-0.39, 0.29) is 0 Å². The van der Waals surface area contributed by atoms with Crippen molar-refractivity contribution < 1.29 is 9.84 Å². The van der Waals surface area contributed by atoms with Gasteiger partial charge in [-0.25, -0.2) is 0 Å². The molecule has 1 unspecified atom stereocenters. The molecule has 5 heteroatoms. The number of hydrogen-bond donors (Lipinski definition) is 1. The average Bonchev–Trinajstić information content (AvgIpc) is 2.87. The summed E-state index contributed by atoms with van der Waals surface area (Å²) in [5.41, 5.74) is 2.40. The maximum Gasteiger partial charge on any atom is 0.128 e. The molecule has 2 nitrogen and oxygen atoms in total. The highest BCUT2D eigenvalue weighted by atomic mass is 79.9. The molecule has 0 aliphatic carbocycles. The normalized spacial score (nSPS) is 14.8. The fourth-order valence-electron chi connectivity index (χ4n) is 2.39. The molecule has 2 aromatic carbocycles. The van der Waals surface area contributed by atoms with E-state index in [1.807, 2.05) is 12.1 Å². The Morgan fingerprint density at radius 2 is 1.85 bits per heavy atom. The first-order valence-electron chi connectivity index (χ1n) is 6.14. The minimum atomic E-state index is -0.839. The van der Waals surface area contributed by atoms with Gasteiger partial charge in [0.05, 0.1) is 6.61 Å². The molecule has 0 radical (unpaired) electrons. The number of hydrogen-bond acceptors (Lipinski definition) is 2. The third kappa shape index (κ3) is 2.56. The van der Waals surface area contributed by atoms with Gasteiger partial charge in [0.25, 0.3) is 0 Å². The molecule has 0 aromatic heterocycles. The topological polar surface area (TPSA) is 29.5 Å². The van der Waals surface area contributed by atoms with E-state index in [9.17, 15) is 5.11 Å². The van der Waals surface area contributed by atoms with Crippen LogP contribution in [0.25, 0.3) is 0 Å². The Kier molecular flexibility index (Phi) is 3.95. The van der Waals surface area contributed by atoms with E-state index >= 15 is 0 Å². The van der Waals surface area contributed by atoms with Gasteiger partial charge in [-0.15, -0.1) is 0 Å². The lowest BCUT2D eigenvalue weighted by Crippen LogP contribution is -2.03. The zero-order valence-electron chi connectivity index (χ0n) is 10.4. The van der Waals surface area contributed by atoms with Gasteiger partial charge in [-0.2, -0.15) is 0 Å². The van der Waals surface area contributed by atoms with E-state index in [4.69, 9.17) is 27.9 Å². The minimum absolute atomic E-state index is 0.571. The van der Waals surface area contributed by atoms with Gasteiger partial charge in [-0.3, -0.25) is 0 Å². The van der Waals surface area contributed by atoms with Crippen molar-refractivity contribution in [3.05, 3.63) is 61.5 Å². The third-order valence-electron chi connectivity index (χ3n) is 3.32. The van der Waals surface area contributed by atoms with Gasteiger partial charge >= 0.3 is 0 Å². The van der Waals surface area contributed by atoms with Crippen molar-refractivity contribution in [2.45, 2.75) is 12.5 Å². The molecule has 0 amide bonds. The molecule has 0 saturated heterocycles. The van der Waals surface area contributed by atoms with Gasteiger partial charge in [0.15, 0.2) is 0 Å². The lowest BCUT2D eigenvalue weighted by atomic mass is 9.98. The van der Waals surface area contributed by atoms with Crippen molar-refractivity contribution in [3.8, 4) is 5.75 Å². The molecule has 104 valence electrons. The molecule has 1 aliphatic heterocycles. The molecule has 1 aliphatic rings. The van der Waals surface area contributed by atoms with Crippen LogP contribution in [0.4, 0.5) is 0 Å². The first-order chi connectivity index (χ1) is 9.56. The van der Waals surface area contributed by atoms with Crippen molar-refractivity contribution >= 4 is 39.1 Å². The number of halogens is 3. The zero-order chi connectivity index (χ0) is 14.3. The molecule has 1 heterocycles. The Bertz CT molecular complexity index is 673. The van der Waals surface area contributed by atoms with Crippen molar-refractivity contribution in [1.29, 1.82) is 0 Å². The van der Waals surface area contributed by atoms with Crippen LogP contribution in [-0.2, 0) is 6.42 Å². The number of benzene rings is 2. The van der Waals surface area contributed by atoms with Crippen molar-refractivity contribution in [3.63, 3.8) is 0 Å². The van der Waals surface area contributed by atoms with Gasteiger partial charge in [0.2, 0.25) is 0 Å². The molecule has 0 bridgehead atoms. The highest BCUT2D eigenvalue weighted by molar-refractivity contribution is 9.10. The second-order valence-corrected chi connectivity index (χ2v) is 6.38. The molecule has 0 spiro atoms. The van der Waals surface area contributed by atoms with Crippen molar-refractivity contribution in [2.24, 2.45) is 0 Å². The Balaban J connectivity index is 2.11. The van der Waals surface area contributed by atoms with E-state index in [1.165, 1.54) is 0 Å². The van der Waals surface area contributed by atoms with Gasteiger partial charge in [-0.1, -0.05) is 39.1 Å². The zero-order valence-corrected chi connectivity index (χ0v) is 13.5. The monoisotopic (exact) mass is 372 g/mol. The van der Waals surface area contributed by atoms with Crippen LogP contribution >= 0.6 is 39.1 Å². The van der Waals surface area contributed by atoms with Crippen molar-refractivity contribution in [2.75, 3.05) is 6.61 Å². The molecule has 0 saturated carbocycles. The molecule has 3 rings (SSSR count). The summed E-state index contributed by atoms with van der Waals surface area (Å²) in [5, 5.41) is 11.8. The number of rotatable bonds is 2. The summed E-state index contributed by atoms with van der Waals surface area (Å²) < 4.78 is 6.42. The van der Waals surface area contributed by atoms with Crippen LogP contribution in [-0.4, -0.2) is 11.7 Å². The summed E-state index contributed by atoms with van der Waals surface area (Å²) in [4.78, 5) is 0. The lowest BCUT2D eigenvalue weighted by molar-refractivity contribution is 0.213. The minimum Gasteiger partial charge on any atom is -0.493 e. The predicted molar refractivity (Wildman–Crippen MR) is 83.9 cm³/mol. The summed E-state index contributed by atoms with van der Waals surface area (Å²) in [6, 6.07) is 8.93. The Labute approximate surface area is 135 Å². The van der Waals surface area contributed by atoms with Gasteiger partial charge in [0, 0.05) is 32.1 Å². The van der Waals surface area contributed by atoms with E-state index < -0.39 is 6.10 Å². The fourth-order valence-corrected chi connectivity index (χ4v) is 3.29. The number of fused-ring (bicyclic) bond motifs is 1. The third-order valence-corrected chi connectivity index (χ3v) is 4.50. The van der Waals surface area contributed by atoms with Gasteiger partial charge in [-0.05, 0) is 35.9 Å². The maximum absolute atomic E-state index is 10.7. The molecule has 2 aromatic rings. The summed E-state index contributed by atoms with van der Waals surface area (Å²) >= 11 is 15.6. The van der Waals surface area contributed by atoms with Crippen LogP contribution in [0.5, 0.6) is 5.75 Å². The highest BCUT2D eigenvalue weighted by Crippen LogP contribution is 2.40. The molecule has 1 N–H and O–H groups in total. The fraction of sp³-hybridized carbons (Fsp3) is 0.200. The van der Waals surface area contributed by atoms with E-state index in [0.717, 1.165) is 22.2 Å². The lowest BCUT2D eigenvalue weighted by Gasteiger charge is -2.17. The summed E-state index contributed by atoms with van der Waals surface area (Å²) in [6.45, 7) is 0.617. The number of aliphatic hydroxyl groups excluding tert-OH is 1. The summed E-state index contributed by atoms with van der Waals surface area (Å²) in [6.07, 6.45) is -0.0274. The number of ether oxygens (including phenoxy) is 1. The molecule has 1 atom stereocenters. The van der Waals surface area contributed by atoms with Gasteiger partial charge < -0.3 is 9.84 Å². The van der Waals surface area contributed by atoms with Crippen LogP contribution in [0.15, 0.2) is 34.8 Å². The van der Waals surface area contributed by atoms with E-state index in [2.05, 4.69) is 15.9 Å². The molecular weight excluding hydrogens is 363 g/mol. The first-order valence-corrected chi connectivity index (χ1v) is 7.69. The number of aliphatic hydroxyl groups is 1. The molecule has 0 fully saturated rings. The van der Waals surface area contributed by atoms with E-state index in [0.29, 0.717) is 27.8 Å². The standard InChI is InChI=1S/C15H11BrCl2O2/c16-13-2-1-9(17)6-11(13)14(19)12-7-10(18)5-8-3-4-20-15(8)12/h1-2,5-7,14,19H,3-4H2. The van der Waals surface area contributed by atoms with Crippen LogP contribution in [0.2, 0.25) is 10.0 Å². The SMILES string of the molecule is OC(c1cc(Cl)ccc1Br)c1cc(Cl)cc2c1OCC2. The maximum atomic E-state index is 10.7. The van der Waals surface area contributed by atoms with Crippen LogP contribution in [0, 0.1) is 0 Å². The first kappa shape index (κ1) is 14.2. The van der Waals surface area contributed by atoms with Crippen molar-refractivity contribution in [1.82, 2.24) is 0 Å². The quantitative estimate of drug-likeness (QED) is 0.821. The summed E-state index contributed by atoms with van der Waals surface area (Å²) in [7, 11) is 0. The average molecular weight is 374 g/mol. The second-order valence-electron chi connectivity index (χ2n) is 4.65. The highest BCUT2D eigenvalue weighted by Gasteiger charge is 2.24. The van der Waals surface area contributed by atoms with E-state index in [1.54, 1.807) is 18.2 Å².